The predicted molar refractivity (Wildman–Crippen MR) is 67.7 cm³/mol. The Labute approximate surface area is 119 Å². The van der Waals surface area contributed by atoms with Gasteiger partial charge in [0.15, 0.2) is 17.2 Å². The molecule has 0 saturated carbocycles. The minimum Gasteiger partial charge on any atom is -0.493 e. The number of rotatable bonds is 4. The molecule has 0 heterocycles. The molecule has 0 bridgehead atoms. The molecule has 1 rings (SSSR count). The summed E-state index contributed by atoms with van der Waals surface area (Å²) in [6, 6.07) is 2.63. The highest BCUT2D eigenvalue weighted by atomic mass is 35.5. The molecule has 0 aliphatic carbocycles. The molecule has 20 heavy (non-hydrogen) atoms. The first-order valence-electron chi connectivity index (χ1n) is 5.82. The summed E-state index contributed by atoms with van der Waals surface area (Å²) >= 11 is 5.59. The minimum absolute atomic E-state index is 0.180. The number of halogens is 5. The van der Waals surface area contributed by atoms with Crippen molar-refractivity contribution in [3.05, 3.63) is 28.5 Å². The van der Waals surface area contributed by atoms with Crippen LogP contribution in [0.5, 0.6) is 5.75 Å². The van der Waals surface area contributed by atoms with Crippen molar-refractivity contribution in [3.63, 3.8) is 0 Å². The van der Waals surface area contributed by atoms with E-state index in [9.17, 15) is 22.7 Å². The van der Waals surface area contributed by atoms with Crippen LogP contribution in [0, 0.1) is 5.82 Å². The SMILES string of the molecule is COc1c(C(C)CC(C)(O)C(F)(F)F)ccc(Cl)c1F. The number of alkyl halides is 3. The van der Waals surface area contributed by atoms with Crippen molar-refractivity contribution in [1.29, 1.82) is 0 Å². The Hall–Kier alpha value is -1.01. The van der Waals surface area contributed by atoms with Crippen LogP contribution in [0.2, 0.25) is 5.02 Å². The molecule has 0 amide bonds. The highest BCUT2D eigenvalue weighted by molar-refractivity contribution is 6.30. The minimum atomic E-state index is -4.76. The van der Waals surface area contributed by atoms with Gasteiger partial charge in [-0.05, 0) is 25.3 Å². The van der Waals surface area contributed by atoms with E-state index in [-0.39, 0.29) is 16.3 Å². The Kier molecular flexibility index (Phi) is 4.92. The molecule has 0 aliphatic rings. The van der Waals surface area contributed by atoms with Gasteiger partial charge in [0, 0.05) is 5.56 Å². The Morgan fingerprint density at radius 3 is 2.35 bits per heavy atom. The molecule has 1 aromatic rings. The van der Waals surface area contributed by atoms with E-state index >= 15 is 0 Å². The fourth-order valence-electron chi connectivity index (χ4n) is 1.96. The van der Waals surface area contributed by atoms with Crippen LogP contribution in [-0.2, 0) is 0 Å². The Morgan fingerprint density at radius 2 is 1.90 bits per heavy atom. The summed E-state index contributed by atoms with van der Waals surface area (Å²) in [7, 11) is 1.20. The average molecular weight is 315 g/mol. The van der Waals surface area contributed by atoms with Crippen molar-refractivity contribution in [2.75, 3.05) is 7.11 Å². The van der Waals surface area contributed by atoms with Gasteiger partial charge in [0.25, 0.3) is 0 Å². The first kappa shape index (κ1) is 17.0. The zero-order chi connectivity index (χ0) is 15.7. The number of aliphatic hydroxyl groups is 1. The van der Waals surface area contributed by atoms with Gasteiger partial charge in [-0.25, -0.2) is 4.39 Å². The summed E-state index contributed by atoms with van der Waals surface area (Å²) in [6.07, 6.45) is -5.38. The van der Waals surface area contributed by atoms with Gasteiger partial charge in [0.2, 0.25) is 0 Å². The third-order valence-electron chi connectivity index (χ3n) is 3.13. The van der Waals surface area contributed by atoms with Gasteiger partial charge in [0.1, 0.15) is 0 Å². The van der Waals surface area contributed by atoms with E-state index in [1.54, 1.807) is 0 Å². The summed E-state index contributed by atoms with van der Waals surface area (Å²) < 4.78 is 56.6. The average Bonchev–Trinajstić information content (AvgIpc) is 2.30. The van der Waals surface area contributed by atoms with Crippen molar-refractivity contribution in [2.24, 2.45) is 0 Å². The maximum Gasteiger partial charge on any atom is 0.416 e. The Morgan fingerprint density at radius 1 is 1.35 bits per heavy atom. The van der Waals surface area contributed by atoms with Gasteiger partial charge in [-0.15, -0.1) is 0 Å². The molecular formula is C13H15ClF4O2. The first-order chi connectivity index (χ1) is 9.01. The summed E-state index contributed by atoms with van der Waals surface area (Å²) in [5, 5.41) is 9.30. The molecule has 0 aliphatic heterocycles. The van der Waals surface area contributed by atoms with E-state index in [0.717, 1.165) is 0 Å². The number of hydrogen-bond donors (Lipinski definition) is 1. The smallest absolute Gasteiger partial charge is 0.416 e. The maximum atomic E-state index is 13.7. The first-order valence-corrected chi connectivity index (χ1v) is 6.20. The lowest BCUT2D eigenvalue weighted by molar-refractivity contribution is -0.256. The van der Waals surface area contributed by atoms with E-state index in [4.69, 9.17) is 16.3 Å². The van der Waals surface area contributed by atoms with Crippen LogP contribution in [0.25, 0.3) is 0 Å². The second-order valence-corrected chi connectivity index (χ2v) is 5.27. The lowest BCUT2D eigenvalue weighted by Gasteiger charge is -2.29. The van der Waals surface area contributed by atoms with Gasteiger partial charge in [0.05, 0.1) is 12.1 Å². The van der Waals surface area contributed by atoms with Crippen molar-refractivity contribution < 1.29 is 27.4 Å². The number of ether oxygens (including phenoxy) is 1. The highest BCUT2D eigenvalue weighted by Crippen LogP contribution is 2.41. The monoisotopic (exact) mass is 314 g/mol. The van der Waals surface area contributed by atoms with Crippen molar-refractivity contribution in [1.82, 2.24) is 0 Å². The van der Waals surface area contributed by atoms with Crippen LogP contribution < -0.4 is 4.74 Å². The molecule has 0 fully saturated rings. The summed E-state index contributed by atoms with van der Waals surface area (Å²) in [5.74, 6) is -1.80. The van der Waals surface area contributed by atoms with Gasteiger partial charge in [-0.2, -0.15) is 13.2 Å². The molecule has 2 atom stereocenters. The van der Waals surface area contributed by atoms with Crippen LogP contribution in [0.4, 0.5) is 17.6 Å². The lowest BCUT2D eigenvalue weighted by Crippen LogP contribution is -2.43. The standard InChI is InChI=1S/C13H15ClF4O2/c1-7(6-12(2,19)13(16,17)18)8-4-5-9(14)10(15)11(8)20-3/h4-5,7,19H,6H2,1-3H3. The van der Waals surface area contributed by atoms with Crippen LogP contribution in [0.15, 0.2) is 12.1 Å². The quantitative estimate of drug-likeness (QED) is 0.840. The second kappa shape index (κ2) is 5.77. The molecular weight excluding hydrogens is 300 g/mol. The third-order valence-corrected chi connectivity index (χ3v) is 3.42. The van der Waals surface area contributed by atoms with Crippen LogP contribution >= 0.6 is 11.6 Å². The molecule has 0 aromatic heterocycles. The largest absolute Gasteiger partial charge is 0.493 e. The molecule has 1 N–H and O–H groups in total. The topological polar surface area (TPSA) is 29.5 Å². The molecule has 0 saturated heterocycles. The summed E-state index contributed by atoms with van der Waals surface area (Å²) in [6.45, 7) is 2.13. The molecule has 7 heteroatoms. The molecule has 114 valence electrons. The van der Waals surface area contributed by atoms with Gasteiger partial charge in [-0.3, -0.25) is 0 Å². The predicted octanol–water partition coefficient (Wildman–Crippen LogP) is 4.29. The Bertz CT molecular complexity index is 486. The normalized spacial score (nSPS) is 16.6. The van der Waals surface area contributed by atoms with E-state index in [2.05, 4.69) is 0 Å². The molecule has 0 spiro atoms. The zero-order valence-corrected chi connectivity index (χ0v) is 11.9. The fraction of sp³-hybridized carbons (Fsp3) is 0.538. The van der Waals surface area contributed by atoms with Gasteiger partial charge < -0.3 is 9.84 Å². The van der Waals surface area contributed by atoms with Crippen LogP contribution in [0.1, 0.15) is 31.7 Å². The number of hydrogen-bond acceptors (Lipinski definition) is 2. The molecule has 1 aromatic carbocycles. The highest BCUT2D eigenvalue weighted by Gasteiger charge is 2.50. The van der Waals surface area contributed by atoms with E-state index in [1.807, 2.05) is 0 Å². The zero-order valence-electron chi connectivity index (χ0n) is 11.2. The number of benzene rings is 1. The molecule has 2 nitrogen and oxygen atoms in total. The maximum absolute atomic E-state index is 13.7. The second-order valence-electron chi connectivity index (χ2n) is 4.86. The van der Waals surface area contributed by atoms with Gasteiger partial charge >= 0.3 is 6.18 Å². The van der Waals surface area contributed by atoms with Crippen LogP contribution in [0.3, 0.4) is 0 Å². The number of methoxy groups -OCH3 is 1. The van der Waals surface area contributed by atoms with Crippen molar-refractivity contribution >= 4 is 11.6 Å². The van der Waals surface area contributed by atoms with Crippen LogP contribution in [-0.4, -0.2) is 24.0 Å². The van der Waals surface area contributed by atoms with Gasteiger partial charge in [-0.1, -0.05) is 24.6 Å². The summed E-state index contributed by atoms with van der Waals surface area (Å²) in [4.78, 5) is 0. The molecule has 2 unspecified atom stereocenters. The Balaban J connectivity index is 3.11. The summed E-state index contributed by atoms with van der Waals surface area (Å²) in [5.41, 5.74) is -2.65. The van der Waals surface area contributed by atoms with E-state index < -0.39 is 29.9 Å². The molecule has 0 radical (unpaired) electrons. The lowest BCUT2D eigenvalue weighted by atomic mass is 9.87. The van der Waals surface area contributed by atoms with Crippen molar-refractivity contribution in [3.8, 4) is 5.75 Å². The van der Waals surface area contributed by atoms with E-state index in [1.165, 1.54) is 26.2 Å². The third kappa shape index (κ3) is 3.35. The van der Waals surface area contributed by atoms with Crippen molar-refractivity contribution in [2.45, 2.75) is 38.0 Å². The van der Waals surface area contributed by atoms with E-state index in [0.29, 0.717) is 6.92 Å². The fourth-order valence-corrected chi connectivity index (χ4v) is 2.11.